The zero-order chi connectivity index (χ0) is 15.3. The maximum atomic E-state index is 11.7. The molecule has 5 nitrogen and oxygen atoms in total. The van der Waals surface area contributed by atoms with Crippen LogP contribution in [0, 0.1) is 5.41 Å². The number of nitrogens with one attached hydrogen (secondary N) is 2. The molecule has 0 aromatic carbocycles. The van der Waals surface area contributed by atoms with Crippen molar-refractivity contribution >= 4 is 39.3 Å². The Labute approximate surface area is 130 Å². The van der Waals surface area contributed by atoms with Gasteiger partial charge in [-0.1, -0.05) is 20.8 Å². The molecule has 0 aliphatic rings. The van der Waals surface area contributed by atoms with Crippen molar-refractivity contribution in [2.45, 2.75) is 33.2 Å². The highest BCUT2D eigenvalue weighted by Crippen LogP contribution is 2.22. The number of halogens is 1. The van der Waals surface area contributed by atoms with Crippen LogP contribution in [0.25, 0.3) is 0 Å². The molecule has 1 heterocycles. The van der Waals surface area contributed by atoms with Crippen molar-refractivity contribution in [2.75, 3.05) is 6.54 Å². The molecule has 0 aliphatic heterocycles. The predicted octanol–water partition coefficient (Wildman–Crippen LogP) is 2.85. The molecule has 0 aliphatic carbocycles. The van der Waals surface area contributed by atoms with E-state index in [-0.39, 0.29) is 0 Å². The second-order valence-corrected chi connectivity index (χ2v) is 8.04. The van der Waals surface area contributed by atoms with E-state index < -0.39 is 23.5 Å². The van der Waals surface area contributed by atoms with E-state index in [9.17, 15) is 9.59 Å². The van der Waals surface area contributed by atoms with Crippen molar-refractivity contribution in [1.29, 1.82) is 0 Å². The molecule has 2 amide bonds. The molecule has 1 rings (SSSR count). The molecule has 3 N–H and O–H groups in total. The van der Waals surface area contributed by atoms with Crippen LogP contribution in [-0.4, -0.2) is 29.7 Å². The quantitative estimate of drug-likeness (QED) is 0.753. The lowest BCUT2D eigenvalue weighted by Crippen LogP contribution is -2.52. The van der Waals surface area contributed by atoms with Crippen molar-refractivity contribution in [3.8, 4) is 0 Å². The molecule has 1 aromatic rings. The third-order valence-corrected chi connectivity index (χ3v) is 4.36. The standard InChI is InChI=1S/C13H19BrN2O3S/c1-13(2,3)10(11(17)18)16-12(19)15-7-6-8-4-5-9(14)20-8/h4-5,10H,6-7H2,1-3H3,(H,17,18)(H2,15,16,19)/t10-/m0/s1. The lowest BCUT2D eigenvalue weighted by molar-refractivity contribution is -0.141. The summed E-state index contributed by atoms with van der Waals surface area (Å²) in [6.45, 7) is 5.79. The van der Waals surface area contributed by atoms with E-state index in [1.807, 2.05) is 12.1 Å². The largest absolute Gasteiger partial charge is 0.480 e. The first-order chi connectivity index (χ1) is 9.20. The van der Waals surface area contributed by atoms with Gasteiger partial charge in [0.1, 0.15) is 6.04 Å². The Morgan fingerprint density at radius 2 is 2.05 bits per heavy atom. The molecule has 1 aromatic heterocycles. The number of thiophene rings is 1. The van der Waals surface area contributed by atoms with Crippen LogP contribution in [0.3, 0.4) is 0 Å². The number of carbonyl (C=O) groups is 2. The summed E-state index contributed by atoms with van der Waals surface area (Å²) in [5.74, 6) is -1.03. The minimum Gasteiger partial charge on any atom is -0.480 e. The average Bonchev–Trinajstić information content (AvgIpc) is 2.70. The molecule has 0 radical (unpaired) electrons. The number of carboxylic acids is 1. The van der Waals surface area contributed by atoms with Crippen LogP contribution in [0.15, 0.2) is 15.9 Å². The normalized spacial score (nSPS) is 12.8. The fourth-order valence-electron chi connectivity index (χ4n) is 1.62. The van der Waals surface area contributed by atoms with Gasteiger partial charge in [-0.05, 0) is 39.9 Å². The van der Waals surface area contributed by atoms with Crippen LogP contribution >= 0.6 is 27.3 Å². The van der Waals surface area contributed by atoms with Gasteiger partial charge < -0.3 is 15.7 Å². The summed E-state index contributed by atoms with van der Waals surface area (Å²) in [6, 6.07) is 2.57. The van der Waals surface area contributed by atoms with Crippen LogP contribution in [0.1, 0.15) is 25.6 Å². The summed E-state index contributed by atoms with van der Waals surface area (Å²) >= 11 is 4.99. The molecule has 0 unspecified atom stereocenters. The van der Waals surface area contributed by atoms with E-state index in [0.717, 1.165) is 15.1 Å². The third-order valence-electron chi connectivity index (χ3n) is 2.67. The van der Waals surface area contributed by atoms with Gasteiger partial charge in [-0.25, -0.2) is 9.59 Å². The molecule has 7 heteroatoms. The Bertz CT molecular complexity index is 482. The van der Waals surface area contributed by atoms with Gasteiger partial charge >= 0.3 is 12.0 Å². The van der Waals surface area contributed by atoms with Gasteiger partial charge in [0.05, 0.1) is 3.79 Å². The smallest absolute Gasteiger partial charge is 0.326 e. The number of rotatable bonds is 5. The van der Waals surface area contributed by atoms with Crippen LogP contribution in [0.4, 0.5) is 4.79 Å². The van der Waals surface area contributed by atoms with Crippen LogP contribution < -0.4 is 10.6 Å². The summed E-state index contributed by atoms with van der Waals surface area (Å²) < 4.78 is 1.05. The van der Waals surface area contributed by atoms with E-state index in [1.54, 1.807) is 32.1 Å². The van der Waals surface area contributed by atoms with E-state index in [4.69, 9.17) is 5.11 Å². The van der Waals surface area contributed by atoms with E-state index >= 15 is 0 Å². The maximum absolute atomic E-state index is 11.7. The third kappa shape index (κ3) is 5.50. The highest BCUT2D eigenvalue weighted by atomic mass is 79.9. The van der Waals surface area contributed by atoms with Crippen molar-refractivity contribution in [1.82, 2.24) is 10.6 Å². The Hall–Kier alpha value is -1.08. The fraction of sp³-hybridized carbons (Fsp3) is 0.538. The van der Waals surface area contributed by atoms with E-state index in [2.05, 4.69) is 26.6 Å². The van der Waals surface area contributed by atoms with Crippen LogP contribution in [0.5, 0.6) is 0 Å². The van der Waals surface area contributed by atoms with Crippen molar-refractivity contribution < 1.29 is 14.7 Å². The first kappa shape index (κ1) is 17.0. The number of carboxylic acid groups (broad SMARTS) is 1. The molecule has 0 fully saturated rings. The fourth-order valence-corrected chi connectivity index (χ4v) is 3.10. The average molecular weight is 363 g/mol. The first-order valence-electron chi connectivity index (χ1n) is 6.21. The molecule has 0 saturated heterocycles. The lowest BCUT2D eigenvalue weighted by Gasteiger charge is -2.27. The molecular formula is C13H19BrN2O3S. The molecule has 0 spiro atoms. The maximum Gasteiger partial charge on any atom is 0.326 e. The van der Waals surface area contributed by atoms with Crippen molar-refractivity contribution in [3.05, 3.63) is 20.8 Å². The minimum absolute atomic E-state index is 0.456. The van der Waals surface area contributed by atoms with Gasteiger partial charge in [0.2, 0.25) is 0 Å². The molecule has 0 bridgehead atoms. The number of aliphatic carboxylic acids is 1. The van der Waals surface area contributed by atoms with Gasteiger partial charge in [0, 0.05) is 11.4 Å². The molecule has 1 atom stereocenters. The van der Waals surface area contributed by atoms with Gasteiger partial charge in [-0.3, -0.25) is 0 Å². The Kier molecular flexibility index (Phi) is 6.01. The Morgan fingerprint density at radius 1 is 1.40 bits per heavy atom. The van der Waals surface area contributed by atoms with Crippen molar-refractivity contribution in [3.63, 3.8) is 0 Å². The Morgan fingerprint density at radius 3 is 2.50 bits per heavy atom. The van der Waals surface area contributed by atoms with Gasteiger partial charge in [0.25, 0.3) is 0 Å². The second-order valence-electron chi connectivity index (χ2n) is 5.49. The molecular weight excluding hydrogens is 344 g/mol. The molecule has 0 saturated carbocycles. The van der Waals surface area contributed by atoms with Gasteiger partial charge in [-0.15, -0.1) is 11.3 Å². The topological polar surface area (TPSA) is 78.4 Å². The van der Waals surface area contributed by atoms with Crippen LogP contribution in [-0.2, 0) is 11.2 Å². The lowest BCUT2D eigenvalue weighted by atomic mass is 9.87. The number of hydrogen-bond donors (Lipinski definition) is 3. The second kappa shape index (κ2) is 7.08. The highest BCUT2D eigenvalue weighted by Gasteiger charge is 2.32. The number of hydrogen-bond acceptors (Lipinski definition) is 3. The van der Waals surface area contributed by atoms with Gasteiger partial charge in [-0.2, -0.15) is 0 Å². The SMILES string of the molecule is CC(C)(C)[C@@H](NC(=O)NCCc1ccc(Br)s1)C(=O)O. The number of urea groups is 1. The van der Waals surface area contributed by atoms with Crippen molar-refractivity contribution in [2.24, 2.45) is 5.41 Å². The van der Waals surface area contributed by atoms with E-state index in [0.29, 0.717) is 6.54 Å². The molecule has 20 heavy (non-hydrogen) atoms. The van der Waals surface area contributed by atoms with E-state index in [1.165, 1.54) is 0 Å². The Balaban J connectivity index is 2.41. The highest BCUT2D eigenvalue weighted by molar-refractivity contribution is 9.11. The van der Waals surface area contributed by atoms with Crippen LogP contribution in [0.2, 0.25) is 0 Å². The minimum atomic E-state index is -1.03. The first-order valence-corrected chi connectivity index (χ1v) is 7.82. The zero-order valence-corrected chi connectivity index (χ0v) is 14.1. The van der Waals surface area contributed by atoms with Gasteiger partial charge in [0.15, 0.2) is 0 Å². The molecule has 112 valence electrons. The summed E-state index contributed by atoms with van der Waals surface area (Å²) in [7, 11) is 0. The predicted molar refractivity (Wildman–Crippen MR) is 83.1 cm³/mol. The zero-order valence-electron chi connectivity index (χ0n) is 11.7. The monoisotopic (exact) mass is 362 g/mol. The summed E-state index contributed by atoms with van der Waals surface area (Å²) in [4.78, 5) is 24.0. The summed E-state index contributed by atoms with van der Waals surface area (Å²) in [5, 5.41) is 14.3. The number of amides is 2. The number of carbonyl (C=O) groups excluding carboxylic acids is 1. The summed E-state index contributed by atoms with van der Waals surface area (Å²) in [6.07, 6.45) is 0.719. The summed E-state index contributed by atoms with van der Waals surface area (Å²) in [5.41, 5.74) is -0.540.